The smallest absolute Gasteiger partial charge is 0.102 e. The van der Waals surface area contributed by atoms with Crippen molar-refractivity contribution in [3.63, 3.8) is 0 Å². The number of halogens is 6. The summed E-state index contributed by atoms with van der Waals surface area (Å²) < 4.78 is 0. The van der Waals surface area contributed by atoms with Crippen LogP contribution in [0.5, 0.6) is 0 Å². The number of nitriles is 2. The van der Waals surface area contributed by atoms with Crippen LogP contribution in [0.1, 0.15) is 11.1 Å². The minimum absolute atomic E-state index is 0.0363. The molecule has 1 aromatic carbocycles. The van der Waals surface area contributed by atoms with E-state index in [-0.39, 0.29) is 31.2 Å². The molecule has 0 amide bonds. The molecule has 0 unspecified atom stereocenters. The quantitative estimate of drug-likeness (QED) is 0.247. The van der Waals surface area contributed by atoms with Crippen molar-refractivity contribution in [1.29, 1.82) is 10.5 Å². The summed E-state index contributed by atoms with van der Waals surface area (Å²) in [7, 11) is 0. The van der Waals surface area contributed by atoms with Crippen molar-refractivity contribution in [2.45, 2.75) is 0 Å². The summed E-state index contributed by atoms with van der Waals surface area (Å²) in [6.45, 7) is 0. The zero-order valence-corrected chi connectivity index (χ0v) is 14.5. The summed E-state index contributed by atoms with van der Waals surface area (Å²) in [6, 6.07) is 3.50. The second-order valence-corrected chi connectivity index (χ2v) is 3.74. The lowest BCUT2D eigenvalue weighted by molar-refractivity contribution is 1.45. The van der Waals surface area contributed by atoms with Gasteiger partial charge in [-0.1, -0.05) is 46.4 Å². The molecule has 2 nitrogen and oxygen atoms in total. The average molecular weight is 520 g/mol. The first kappa shape index (κ1) is 16.8. The summed E-state index contributed by atoms with van der Waals surface area (Å²) in [6.07, 6.45) is 0. The Balaban J connectivity index is 0.00000106. The molecule has 0 fully saturated rings. The first-order valence-corrected chi connectivity index (χ1v) is 11.1. The van der Waals surface area contributed by atoms with Crippen LogP contribution in [0.2, 0.25) is 20.1 Å². The molecule has 0 saturated carbocycles. The standard InChI is InChI=1S/C8Cl4N2.I2/c9-5-3(1-13)6(10)8(12)7(11)4(5)2-14;1-2. The van der Waals surface area contributed by atoms with Gasteiger partial charge in [0.25, 0.3) is 0 Å². The van der Waals surface area contributed by atoms with Gasteiger partial charge in [0.1, 0.15) is 12.1 Å². The molecule has 0 atom stereocenters. The molecule has 0 saturated heterocycles. The third-order valence-corrected chi connectivity index (χ3v) is 3.19. The van der Waals surface area contributed by atoms with Gasteiger partial charge in [-0.3, -0.25) is 0 Å². The van der Waals surface area contributed by atoms with E-state index in [2.05, 4.69) is 37.2 Å². The van der Waals surface area contributed by atoms with E-state index in [1.807, 2.05) is 0 Å². The van der Waals surface area contributed by atoms with Gasteiger partial charge < -0.3 is 0 Å². The number of benzene rings is 1. The molecule has 1 rings (SSSR count). The lowest BCUT2D eigenvalue weighted by Crippen LogP contribution is -1.89. The van der Waals surface area contributed by atoms with E-state index in [1.54, 1.807) is 12.1 Å². The highest BCUT2D eigenvalue weighted by Crippen LogP contribution is 2.40. The van der Waals surface area contributed by atoms with Crippen molar-refractivity contribution in [2.24, 2.45) is 0 Å². The molecule has 0 aliphatic carbocycles. The molecule has 0 N–H and O–H groups in total. The second-order valence-electron chi connectivity index (χ2n) is 2.23. The summed E-state index contributed by atoms with van der Waals surface area (Å²) in [5.41, 5.74) is -0.0847. The van der Waals surface area contributed by atoms with Crippen molar-refractivity contribution in [2.75, 3.05) is 0 Å². The monoisotopic (exact) mass is 518 g/mol. The summed E-state index contributed by atoms with van der Waals surface area (Å²) in [4.78, 5) is 0. The van der Waals surface area contributed by atoms with E-state index in [1.165, 1.54) is 0 Å². The van der Waals surface area contributed by atoms with Crippen LogP contribution >= 0.6 is 83.6 Å². The van der Waals surface area contributed by atoms with Gasteiger partial charge in [-0.2, -0.15) is 10.5 Å². The van der Waals surface area contributed by atoms with Crippen LogP contribution in [0.4, 0.5) is 0 Å². The van der Waals surface area contributed by atoms with Crippen molar-refractivity contribution >= 4 is 83.6 Å². The van der Waals surface area contributed by atoms with E-state index >= 15 is 0 Å². The lowest BCUT2D eigenvalue weighted by Gasteiger charge is -2.05. The fraction of sp³-hybridized carbons (Fsp3) is 0. The minimum atomic E-state index is -0.0746. The zero-order valence-electron chi connectivity index (χ0n) is 7.16. The van der Waals surface area contributed by atoms with Gasteiger partial charge in [0.15, 0.2) is 0 Å². The van der Waals surface area contributed by atoms with Crippen LogP contribution in [0.15, 0.2) is 0 Å². The average Bonchev–Trinajstić information content (AvgIpc) is 2.30. The van der Waals surface area contributed by atoms with Crippen LogP contribution < -0.4 is 0 Å². The van der Waals surface area contributed by atoms with Crippen LogP contribution in [-0.2, 0) is 0 Å². The summed E-state index contributed by atoms with van der Waals surface area (Å²) in [5, 5.41) is 17.2. The molecular weight excluding hydrogens is 520 g/mol. The maximum Gasteiger partial charge on any atom is 0.102 e. The van der Waals surface area contributed by atoms with Gasteiger partial charge in [0.2, 0.25) is 0 Å². The zero-order chi connectivity index (χ0) is 12.9. The molecule has 0 spiro atoms. The van der Waals surface area contributed by atoms with E-state index in [9.17, 15) is 0 Å². The highest BCUT2D eigenvalue weighted by atomic mass is 128. The molecule has 0 aliphatic rings. The van der Waals surface area contributed by atoms with Crippen molar-refractivity contribution < 1.29 is 0 Å². The number of nitrogens with zero attached hydrogens (tertiary/aromatic N) is 2. The Morgan fingerprint density at radius 3 is 1.25 bits per heavy atom. The predicted molar refractivity (Wildman–Crippen MR) is 84.0 cm³/mol. The highest BCUT2D eigenvalue weighted by molar-refractivity contribution is 15.0. The van der Waals surface area contributed by atoms with Gasteiger partial charge in [0, 0.05) is 37.2 Å². The Morgan fingerprint density at radius 2 is 1.00 bits per heavy atom. The van der Waals surface area contributed by atoms with Crippen LogP contribution in [-0.4, -0.2) is 0 Å². The maximum atomic E-state index is 8.70. The van der Waals surface area contributed by atoms with Crippen LogP contribution in [0, 0.1) is 22.7 Å². The van der Waals surface area contributed by atoms with Gasteiger partial charge in [-0.05, 0) is 0 Å². The molecule has 0 radical (unpaired) electrons. The minimum Gasteiger partial charge on any atom is -0.192 e. The number of hydrogen-bond donors (Lipinski definition) is 0. The Bertz CT molecular complexity index is 449. The molecule has 0 aromatic heterocycles. The van der Waals surface area contributed by atoms with Gasteiger partial charge in [-0.25, -0.2) is 0 Å². The Hall–Kier alpha value is 0.820. The van der Waals surface area contributed by atoms with Crippen LogP contribution in [0.25, 0.3) is 0 Å². The van der Waals surface area contributed by atoms with E-state index in [0.29, 0.717) is 0 Å². The fourth-order valence-electron chi connectivity index (χ4n) is 0.830. The van der Waals surface area contributed by atoms with Gasteiger partial charge in [0.05, 0.1) is 31.2 Å². The van der Waals surface area contributed by atoms with Crippen molar-refractivity contribution in [3.05, 3.63) is 31.2 Å². The third kappa shape index (κ3) is 3.41. The van der Waals surface area contributed by atoms with Crippen molar-refractivity contribution in [1.82, 2.24) is 0 Å². The Kier molecular flexibility index (Phi) is 8.43. The lowest BCUT2D eigenvalue weighted by atomic mass is 10.1. The van der Waals surface area contributed by atoms with Gasteiger partial charge in [-0.15, -0.1) is 0 Å². The highest BCUT2D eigenvalue weighted by Gasteiger charge is 2.19. The fourth-order valence-corrected chi connectivity index (χ4v) is 1.90. The molecule has 84 valence electrons. The third-order valence-electron chi connectivity index (χ3n) is 1.49. The maximum absolute atomic E-state index is 8.70. The first-order chi connectivity index (χ1) is 7.54. The Morgan fingerprint density at radius 1 is 0.688 bits per heavy atom. The normalized spacial score (nSPS) is 8.50. The summed E-state index contributed by atoms with van der Waals surface area (Å²) in [5.74, 6) is 0. The molecule has 16 heavy (non-hydrogen) atoms. The van der Waals surface area contributed by atoms with E-state index in [0.717, 1.165) is 0 Å². The molecule has 0 bridgehead atoms. The topological polar surface area (TPSA) is 47.6 Å². The molecular formula is C8Cl4I2N2. The van der Waals surface area contributed by atoms with E-state index in [4.69, 9.17) is 56.9 Å². The second kappa shape index (κ2) is 8.02. The van der Waals surface area contributed by atoms with Crippen molar-refractivity contribution in [3.8, 4) is 12.1 Å². The number of hydrogen-bond acceptors (Lipinski definition) is 2. The molecule has 0 heterocycles. The SMILES string of the molecule is II.N#Cc1c(Cl)c(Cl)c(Cl)c(C#N)c1Cl. The first-order valence-electron chi connectivity index (χ1n) is 3.35. The van der Waals surface area contributed by atoms with Gasteiger partial charge >= 0.3 is 0 Å². The largest absolute Gasteiger partial charge is 0.192 e. The van der Waals surface area contributed by atoms with E-state index < -0.39 is 0 Å². The predicted octanol–water partition coefficient (Wildman–Crippen LogP) is 5.81. The molecule has 0 aliphatic heterocycles. The van der Waals surface area contributed by atoms with Crippen LogP contribution in [0.3, 0.4) is 0 Å². The summed E-state index contributed by atoms with van der Waals surface area (Å²) >= 11 is 27.1. The molecule has 1 aromatic rings. The number of rotatable bonds is 0. The Labute approximate surface area is 136 Å². The molecule has 8 heteroatoms.